The quantitative estimate of drug-likeness (QED) is 0.450. The first kappa shape index (κ1) is 10.1. The van der Waals surface area contributed by atoms with Gasteiger partial charge in [-0.2, -0.15) is 0 Å². The minimum absolute atomic E-state index is 0.232. The number of rotatable bonds is 5. The van der Waals surface area contributed by atoms with E-state index in [1.54, 1.807) is 0 Å². The molecule has 0 fully saturated rings. The predicted molar refractivity (Wildman–Crippen MR) is 41.0 cm³/mol. The monoisotopic (exact) mass is 159 g/mol. The van der Waals surface area contributed by atoms with Crippen molar-refractivity contribution in [1.82, 2.24) is 5.32 Å². The lowest BCUT2D eigenvalue weighted by Crippen LogP contribution is -2.32. The Morgan fingerprint density at radius 3 is 2.55 bits per heavy atom. The molecular formula is C7H13NO3. The fourth-order valence-corrected chi connectivity index (χ4v) is 0.519. The van der Waals surface area contributed by atoms with Gasteiger partial charge in [-0.1, -0.05) is 6.58 Å². The van der Waals surface area contributed by atoms with Crippen molar-refractivity contribution < 1.29 is 14.3 Å². The summed E-state index contributed by atoms with van der Waals surface area (Å²) in [6.07, 6.45) is 0.807. The average molecular weight is 159 g/mol. The van der Waals surface area contributed by atoms with Crippen molar-refractivity contribution in [3.05, 3.63) is 12.7 Å². The fourth-order valence-electron chi connectivity index (χ4n) is 0.519. The third-order valence-corrected chi connectivity index (χ3v) is 1.15. The van der Waals surface area contributed by atoms with Gasteiger partial charge in [-0.15, -0.1) is 0 Å². The molecule has 0 aliphatic heterocycles. The lowest BCUT2D eigenvalue weighted by atomic mass is 10.5. The molecule has 0 aliphatic rings. The highest BCUT2D eigenvalue weighted by atomic mass is 16.7. The largest absolute Gasteiger partial charge is 0.354 e. The number of amides is 1. The second kappa shape index (κ2) is 5.88. The Bertz CT molecular complexity index is 132. The van der Waals surface area contributed by atoms with E-state index in [-0.39, 0.29) is 12.2 Å². The van der Waals surface area contributed by atoms with E-state index in [0.717, 1.165) is 0 Å². The number of hydrogen-bond acceptors (Lipinski definition) is 3. The number of hydrogen-bond donors (Lipinski definition) is 1. The molecule has 0 saturated carbocycles. The molecule has 0 radical (unpaired) electrons. The van der Waals surface area contributed by atoms with Gasteiger partial charge in [-0.25, -0.2) is 0 Å². The predicted octanol–water partition coefficient (Wildman–Crippen LogP) is -0.0925. The smallest absolute Gasteiger partial charge is 0.243 e. The minimum Gasteiger partial charge on any atom is -0.354 e. The van der Waals surface area contributed by atoms with Crippen LogP contribution in [-0.2, 0) is 14.3 Å². The summed E-state index contributed by atoms with van der Waals surface area (Å²) in [5.41, 5.74) is 0. The van der Waals surface area contributed by atoms with Crippen molar-refractivity contribution in [3.63, 3.8) is 0 Å². The van der Waals surface area contributed by atoms with Gasteiger partial charge in [-0.05, 0) is 6.08 Å². The van der Waals surface area contributed by atoms with Crippen molar-refractivity contribution in [1.29, 1.82) is 0 Å². The van der Waals surface area contributed by atoms with E-state index in [1.165, 1.54) is 20.3 Å². The van der Waals surface area contributed by atoms with Crippen LogP contribution in [0.3, 0.4) is 0 Å². The van der Waals surface area contributed by atoms with Crippen molar-refractivity contribution in [2.45, 2.75) is 6.29 Å². The van der Waals surface area contributed by atoms with Crippen molar-refractivity contribution in [3.8, 4) is 0 Å². The van der Waals surface area contributed by atoms with E-state index in [1.807, 2.05) is 0 Å². The van der Waals surface area contributed by atoms with E-state index in [2.05, 4.69) is 11.9 Å². The molecule has 0 bridgehead atoms. The average Bonchev–Trinajstić information content (AvgIpc) is 2.06. The summed E-state index contributed by atoms with van der Waals surface area (Å²) in [6.45, 7) is 3.63. The summed E-state index contributed by atoms with van der Waals surface area (Å²) >= 11 is 0. The molecule has 0 aromatic rings. The van der Waals surface area contributed by atoms with Crippen LogP contribution < -0.4 is 5.32 Å². The summed E-state index contributed by atoms with van der Waals surface area (Å²) in [7, 11) is 3.02. The maximum Gasteiger partial charge on any atom is 0.243 e. The van der Waals surface area contributed by atoms with Crippen molar-refractivity contribution in [2.75, 3.05) is 20.8 Å². The van der Waals surface area contributed by atoms with Gasteiger partial charge in [0.2, 0.25) is 5.91 Å². The number of methoxy groups -OCH3 is 2. The maximum atomic E-state index is 10.6. The van der Waals surface area contributed by atoms with Crippen LogP contribution in [0.25, 0.3) is 0 Å². The van der Waals surface area contributed by atoms with Crippen LogP contribution in [0.5, 0.6) is 0 Å². The molecule has 0 saturated heterocycles. The van der Waals surface area contributed by atoms with Gasteiger partial charge < -0.3 is 14.8 Å². The normalized spacial score (nSPS) is 9.73. The minimum atomic E-state index is -0.390. The maximum absolute atomic E-state index is 10.6. The molecule has 0 aromatic carbocycles. The summed E-state index contributed by atoms with van der Waals surface area (Å²) in [6, 6.07) is 0. The molecular weight excluding hydrogens is 146 g/mol. The van der Waals surface area contributed by atoms with Crippen molar-refractivity contribution >= 4 is 5.91 Å². The van der Waals surface area contributed by atoms with Crippen LogP contribution in [0.2, 0.25) is 0 Å². The lowest BCUT2D eigenvalue weighted by molar-refractivity contribution is -0.123. The Hall–Kier alpha value is -0.870. The number of nitrogens with one attached hydrogen (secondary N) is 1. The zero-order valence-corrected chi connectivity index (χ0v) is 6.79. The second-order valence-corrected chi connectivity index (χ2v) is 1.85. The number of carbonyl (C=O) groups is 1. The van der Waals surface area contributed by atoms with Crippen LogP contribution in [0.15, 0.2) is 12.7 Å². The van der Waals surface area contributed by atoms with Gasteiger partial charge in [0.1, 0.15) is 0 Å². The van der Waals surface area contributed by atoms with E-state index in [9.17, 15) is 4.79 Å². The molecule has 0 aliphatic carbocycles. The van der Waals surface area contributed by atoms with E-state index in [4.69, 9.17) is 9.47 Å². The topological polar surface area (TPSA) is 47.6 Å². The first-order valence-electron chi connectivity index (χ1n) is 3.20. The van der Waals surface area contributed by atoms with Crippen molar-refractivity contribution in [2.24, 2.45) is 0 Å². The van der Waals surface area contributed by atoms with Gasteiger partial charge >= 0.3 is 0 Å². The Kier molecular flexibility index (Phi) is 5.42. The molecule has 1 N–H and O–H groups in total. The third kappa shape index (κ3) is 4.52. The molecule has 0 spiro atoms. The van der Waals surface area contributed by atoms with Gasteiger partial charge in [0, 0.05) is 14.2 Å². The SMILES string of the molecule is C=CC(=O)NCC(OC)OC. The third-order valence-electron chi connectivity index (χ3n) is 1.15. The zero-order chi connectivity index (χ0) is 8.69. The highest BCUT2D eigenvalue weighted by molar-refractivity contribution is 5.86. The molecule has 4 nitrogen and oxygen atoms in total. The standard InChI is InChI=1S/C7H13NO3/c1-4-6(9)8-5-7(10-2)11-3/h4,7H,1,5H2,2-3H3,(H,8,9). The molecule has 11 heavy (non-hydrogen) atoms. The van der Waals surface area contributed by atoms with E-state index < -0.39 is 0 Å². The number of carbonyl (C=O) groups excluding carboxylic acids is 1. The van der Waals surface area contributed by atoms with Crippen LogP contribution in [0.4, 0.5) is 0 Å². The molecule has 64 valence electrons. The number of ether oxygens (including phenoxy) is 2. The molecule has 0 unspecified atom stereocenters. The Balaban J connectivity index is 3.49. The Morgan fingerprint density at radius 1 is 1.64 bits per heavy atom. The Morgan fingerprint density at radius 2 is 2.18 bits per heavy atom. The van der Waals surface area contributed by atoms with Crippen LogP contribution in [0, 0.1) is 0 Å². The van der Waals surface area contributed by atoms with E-state index in [0.29, 0.717) is 6.54 Å². The zero-order valence-electron chi connectivity index (χ0n) is 6.79. The summed E-state index contributed by atoms with van der Waals surface area (Å²) < 4.78 is 9.65. The van der Waals surface area contributed by atoms with Crippen LogP contribution in [-0.4, -0.2) is 33.0 Å². The fraction of sp³-hybridized carbons (Fsp3) is 0.571. The van der Waals surface area contributed by atoms with E-state index >= 15 is 0 Å². The summed E-state index contributed by atoms with van der Waals surface area (Å²) in [5, 5.41) is 2.53. The summed E-state index contributed by atoms with van der Waals surface area (Å²) in [4.78, 5) is 10.6. The van der Waals surface area contributed by atoms with Crippen LogP contribution in [0.1, 0.15) is 0 Å². The van der Waals surface area contributed by atoms with Gasteiger partial charge in [0.05, 0.1) is 6.54 Å². The highest BCUT2D eigenvalue weighted by Gasteiger charge is 2.04. The van der Waals surface area contributed by atoms with Gasteiger partial charge in [-0.3, -0.25) is 4.79 Å². The summed E-state index contributed by atoms with van der Waals surface area (Å²) in [5.74, 6) is -0.232. The molecule has 0 rings (SSSR count). The lowest BCUT2D eigenvalue weighted by Gasteiger charge is -2.12. The molecule has 4 heteroatoms. The molecule has 0 atom stereocenters. The highest BCUT2D eigenvalue weighted by Crippen LogP contribution is 1.86. The van der Waals surface area contributed by atoms with Gasteiger partial charge in [0.25, 0.3) is 0 Å². The first-order chi connectivity index (χ1) is 5.24. The van der Waals surface area contributed by atoms with Gasteiger partial charge in [0.15, 0.2) is 6.29 Å². The second-order valence-electron chi connectivity index (χ2n) is 1.85. The Labute approximate surface area is 66.2 Å². The van der Waals surface area contributed by atoms with Crippen LogP contribution >= 0.6 is 0 Å². The first-order valence-corrected chi connectivity index (χ1v) is 3.20. The molecule has 0 aromatic heterocycles. The molecule has 0 heterocycles. The molecule has 1 amide bonds.